The minimum absolute atomic E-state index is 0.172. The summed E-state index contributed by atoms with van der Waals surface area (Å²) in [6.45, 7) is 7.71. The molecule has 0 aliphatic carbocycles. The van der Waals surface area contributed by atoms with Gasteiger partial charge in [-0.15, -0.1) is 0 Å². The van der Waals surface area contributed by atoms with E-state index >= 15 is 0 Å². The predicted octanol–water partition coefficient (Wildman–Crippen LogP) is 3.84. The van der Waals surface area contributed by atoms with Gasteiger partial charge in [-0.25, -0.2) is 19.3 Å². The van der Waals surface area contributed by atoms with Crippen LogP contribution in [0.3, 0.4) is 0 Å². The maximum atomic E-state index is 13.1. The van der Waals surface area contributed by atoms with E-state index in [2.05, 4.69) is 50.4 Å². The molecule has 4 amide bonds. The number of rotatable bonds is 9. The lowest BCUT2D eigenvalue weighted by Gasteiger charge is -2.43. The highest BCUT2D eigenvalue weighted by Crippen LogP contribution is 2.36. The summed E-state index contributed by atoms with van der Waals surface area (Å²) in [6.07, 6.45) is 0. The van der Waals surface area contributed by atoms with Crippen molar-refractivity contribution in [3.8, 4) is 0 Å². The Balaban J connectivity index is 1.47. The molecule has 4 rings (SSSR count). The summed E-state index contributed by atoms with van der Waals surface area (Å²) in [6, 6.07) is 26.5. The van der Waals surface area contributed by atoms with Gasteiger partial charge in [0.1, 0.15) is 0 Å². The number of imide groups is 1. The van der Waals surface area contributed by atoms with E-state index in [-0.39, 0.29) is 11.6 Å². The lowest BCUT2D eigenvalue weighted by atomic mass is 10.1. The number of urea groups is 2. The summed E-state index contributed by atoms with van der Waals surface area (Å²) in [5.74, 6) is -1.20. The quantitative estimate of drug-likeness (QED) is 0.398. The number of carbonyl (C=O) groups excluding carboxylic acids is 2. The van der Waals surface area contributed by atoms with Crippen LogP contribution in [0.1, 0.15) is 32.4 Å². The van der Waals surface area contributed by atoms with Crippen LogP contribution in [0, 0.1) is 0 Å². The smallest absolute Gasteiger partial charge is 0.330 e. The molecule has 3 aromatic carbocycles. The molecule has 1 atom stereocenters. The maximum Gasteiger partial charge on any atom is 0.330 e. The van der Waals surface area contributed by atoms with Crippen molar-refractivity contribution in [2.24, 2.45) is 0 Å². The van der Waals surface area contributed by atoms with Crippen LogP contribution in [0.15, 0.2) is 91.0 Å². The summed E-state index contributed by atoms with van der Waals surface area (Å²) < 4.78 is 6.87. The molecule has 0 saturated carbocycles. The molecule has 3 aromatic rings. The number of nitrogens with zero attached hydrogens (tertiary/aromatic N) is 2. The predicted molar refractivity (Wildman–Crippen MR) is 153 cm³/mol. The Morgan fingerprint density at radius 1 is 0.897 bits per heavy atom. The van der Waals surface area contributed by atoms with Crippen molar-refractivity contribution < 1.29 is 23.9 Å². The second kappa shape index (κ2) is 11.8. The van der Waals surface area contributed by atoms with Gasteiger partial charge in [0.25, 0.3) is 8.32 Å². The first-order valence-electron chi connectivity index (χ1n) is 13.0. The lowest BCUT2D eigenvalue weighted by molar-refractivity contribution is -0.139. The van der Waals surface area contributed by atoms with Crippen molar-refractivity contribution in [1.82, 2.24) is 15.1 Å². The highest BCUT2D eigenvalue weighted by molar-refractivity contribution is 6.99. The van der Waals surface area contributed by atoms with E-state index in [0.29, 0.717) is 25.3 Å². The van der Waals surface area contributed by atoms with Gasteiger partial charge in [0.15, 0.2) is 6.04 Å². The van der Waals surface area contributed by atoms with Gasteiger partial charge in [-0.1, -0.05) is 112 Å². The van der Waals surface area contributed by atoms with Crippen LogP contribution in [0.25, 0.3) is 0 Å². The number of carboxylic acids is 1. The minimum atomic E-state index is -2.75. The Hall–Kier alpha value is -3.95. The highest BCUT2D eigenvalue weighted by Gasteiger charge is 2.50. The molecule has 204 valence electrons. The van der Waals surface area contributed by atoms with E-state index in [1.165, 1.54) is 0 Å². The summed E-state index contributed by atoms with van der Waals surface area (Å²) in [5.41, 5.74) is 0.431. The molecule has 2 N–H and O–H groups in total. The molecule has 1 fully saturated rings. The van der Waals surface area contributed by atoms with Gasteiger partial charge in [0, 0.05) is 19.6 Å². The van der Waals surface area contributed by atoms with Gasteiger partial charge in [-0.3, -0.25) is 0 Å². The van der Waals surface area contributed by atoms with Crippen LogP contribution in [0.4, 0.5) is 9.59 Å². The second-order valence-electron chi connectivity index (χ2n) is 10.6. The van der Waals surface area contributed by atoms with E-state index in [4.69, 9.17) is 4.43 Å². The topological polar surface area (TPSA) is 99.2 Å². The lowest BCUT2D eigenvalue weighted by Crippen LogP contribution is -2.67. The highest BCUT2D eigenvalue weighted by atomic mass is 28.4. The number of nitrogens with one attached hydrogen (secondary N) is 1. The van der Waals surface area contributed by atoms with E-state index in [9.17, 15) is 19.5 Å². The average molecular weight is 546 g/mol. The zero-order valence-corrected chi connectivity index (χ0v) is 23.5. The Bertz CT molecular complexity index is 1240. The van der Waals surface area contributed by atoms with Crippen molar-refractivity contribution in [1.29, 1.82) is 0 Å². The van der Waals surface area contributed by atoms with Gasteiger partial charge < -0.3 is 19.7 Å². The number of hydrogen-bond acceptors (Lipinski definition) is 4. The van der Waals surface area contributed by atoms with Crippen LogP contribution in [-0.4, -0.2) is 67.5 Å². The van der Waals surface area contributed by atoms with Crippen molar-refractivity contribution >= 4 is 36.7 Å². The Morgan fingerprint density at radius 2 is 1.41 bits per heavy atom. The van der Waals surface area contributed by atoms with Gasteiger partial charge in [0.2, 0.25) is 0 Å². The summed E-state index contributed by atoms with van der Waals surface area (Å²) >= 11 is 0. The van der Waals surface area contributed by atoms with Crippen LogP contribution < -0.4 is 15.7 Å². The third-order valence-electron chi connectivity index (χ3n) is 7.08. The van der Waals surface area contributed by atoms with E-state index in [1.54, 1.807) is 35.2 Å². The van der Waals surface area contributed by atoms with Crippen LogP contribution in [0.5, 0.6) is 0 Å². The SMILES string of the molecule is CC(C)(C)[Si](OCCN1CCN(C(=O)N[C@@H](C(=O)O)c2ccccc2)C1=O)(c1ccccc1)c1ccccc1. The summed E-state index contributed by atoms with van der Waals surface area (Å²) in [5, 5.41) is 14.2. The molecule has 0 bridgehead atoms. The third-order valence-corrected chi connectivity index (χ3v) is 12.1. The molecular weight excluding hydrogens is 510 g/mol. The molecule has 9 heteroatoms. The average Bonchev–Trinajstić information content (AvgIpc) is 3.30. The van der Waals surface area contributed by atoms with Gasteiger partial charge in [0.05, 0.1) is 6.61 Å². The zero-order chi connectivity index (χ0) is 28.0. The molecule has 1 aliphatic heterocycles. The van der Waals surface area contributed by atoms with Crippen molar-refractivity contribution in [3.05, 3.63) is 96.6 Å². The number of aliphatic carboxylic acids is 1. The number of carboxylic acid groups (broad SMARTS) is 1. The van der Waals surface area contributed by atoms with E-state index < -0.39 is 32.4 Å². The summed E-state index contributed by atoms with van der Waals surface area (Å²) in [7, 11) is -2.75. The first kappa shape index (κ1) is 28.1. The Morgan fingerprint density at radius 3 is 1.90 bits per heavy atom. The van der Waals surface area contributed by atoms with Crippen molar-refractivity contribution in [3.63, 3.8) is 0 Å². The molecule has 1 aliphatic rings. The number of benzene rings is 3. The Labute approximate surface area is 230 Å². The van der Waals surface area contributed by atoms with Gasteiger partial charge >= 0.3 is 18.0 Å². The normalized spacial score (nSPS) is 14.8. The molecule has 8 nitrogen and oxygen atoms in total. The minimum Gasteiger partial charge on any atom is -0.479 e. The molecule has 0 spiro atoms. The fraction of sp³-hybridized carbons (Fsp3) is 0.300. The van der Waals surface area contributed by atoms with Gasteiger partial charge in [-0.05, 0) is 21.0 Å². The monoisotopic (exact) mass is 545 g/mol. The molecule has 0 radical (unpaired) electrons. The molecule has 1 saturated heterocycles. The first-order chi connectivity index (χ1) is 18.6. The van der Waals surface area contributed by atoms with Crippen LogP contribution in [0.2, 0.25) is 5.04 Å². The van der Waals surface area contributed by atoms with E-state index in [1.807, 2.05) is 36.4 Å². The first-order valence-corrected chi connectivity index (χ1v) is 15.0. The number of hydrogen-bond donors (Lipinski definition) is 2. The molecule has 0 aromatic heterocycles. The molecular formula is C30H35N3O5Si. The number of carbonyl (C=O) groups is 3. The largest absolute Gasteiger partial charge is 0.479 e. The molecule has 1 heterocycles. The maximum absolute atomic E-state index is 13.1. The fourth-order valence-corrected chi connectivity index (χ4v) is 9.74. The van der Waals surface area contributed by atoms with Gasteiger partial charge in [-0.2, -0.15) is 0 Å². The molecule has 0 unspecified atom stereocenters. The summed E-state index contributed by atoms with van der Waals surface area (Å²) in [4.78, 5) is 40.5. The number of amides is 4. The standard InChI is InChI=1S/C30H35N3O5Si/c1-30(2,3)39(24-15-9-5-10-16-24,25-17-11-6-12-18-25)38-22-21-32-19-20-33(29(32)37)28(36)31-26(27(34)35)23-13-7-4-8-14-23/h4-18,26H,19-22H2,1-3H3,(H,31,36)(H,34,35)/t26-/m1/s1. The zero-order valence-electron chi connectivity index (χ0n) is 22.5. The van der Waals surface area contributed by atoms with E-state index in [0.717, 1.165) is 15.3 Å². The Kier molecular flexibility index (Phi) is 8.52. The van der Waals surface area contributed by atoms with Crippen molar-refractivity contribution in [2.45, 2.75) is 31.9 Å². The molecule has 39 heavy (non-hydrogen) atoms. The third kappa shape index (κ3) is 5.89. The second-order valence-corrected chi connectivity index (χ2v) is 14.9. The fourth-order valence-electron chi connectivity index (χ4n) is 5.18. The van der Waals surface area contributed by atoms with Crippen LogP contribution in [-0.2, 0) is 9.22 Å². The van der Waals surface area contributed by atoms with Crippen LogP contribution >= 0.6 is 0 Å². The van der Waals surface area contributed by atoms with Crippen molar-refractivity contribution in [2.75, 3.05) is 26.2 Å².